The molecule has 19 heavy (non-hydrogen) atoms. The number of rotatable bonds is 3. The number of non-ortho nitro benzene ring substituents is 1. The minimum Gasteiger partial charge on any atom is -0.390 e. The van der Waals surface area contributed by atoms with E-state index in [1.54, 1.807) is 6.07 Å². The van der Waals surface area contributed by atoms with E-state index in [2.05, 4.69) is 4.99 Å². The van der Waals surface area contributed by atoms with Gasteiger partial charge in [0.25, 0.3) is 5.69 Å². The molecule has 1 aromatic rings. The van der Waals surface area contributed by atoms with Crippen LogP contribution in [0.3, 0.4) is 0 Å². The Morgan fingerprint density at radius 1 is 1.42 bits per heavy atom. The van der Waals surface area contributed by atoms with Crippen molar-refractivity contribution in [3.05, 3.63) is 39.9 Å². The molecule has 8 heteroatoms. The zero-order chi connectivity index (χ0) is 14.0. The van der Waals surface area contributed by atoms with Crippen LogP contribution in [-0.4, -0.2) is 48.3 Å². The van der Waals surface area contributed by atoms with Crippen LogP contribution in [0.4, 0.5) is 5.69 Å². The number of nitro benzene ring substituents is 1. The zero-order valence-electron chi connectivity index (χ0n) is 9.84. The third kappa shape index (κ3) is 3.36. The van der Waals surface area contributed by atoms with Crippen molar-refractivity contribution in [1.82, 2.24) is 0 Å². The van der Waals surface area contributed by atoms with Crippen molar-refractivity contribution in [3.8, 4) is 0 Å². The molecule has 1 fully saturated rings. The number of nitro groups is 1. The molecule has 1 heterocycles. The van der Waals surface area contributed by atoms with Gasteiger partial charge in [-0.3, -0.25) is 15.1 Å². The maximum Gasteiger partial charge on any atom is 0.270 e. The van der Waals surface area contributed by atoms with Crippen LogP contribution in [0.5, 0.6) is 0 Å². The van der Waals surface area contributed by atoms with E-state index in [1.807, 2.05) is 0 Å². The van der Waals surface area contributed by atoms with Crippen molar-refractivity contribution >= 4 is 21.7 Å². The number of aliphatic imine (C=N–C) groups is 1. The molecule has 1 aliphatic heterocycles. The number of sulfone groups is 1. The monoisotopic (exact) mass is 284 g/mol. The minimum atomic E-state index is -3.24. The van der Waals surface area contributed by atoms with Crippen LogP contribution in [0.2, 0.25) is 0 Å². The average Bonchev–Trinajstić information content (AvgIpc) is 2.60. The fraction of sp³-hybridized carbons (Fsp3) is 0.364. The minimum absolute atomic E-state index is 0.0662. The first kappa shape index (κ1) is 13.6. The Labute approximate surface area is 109 Å². The fourth-order valence-electron chi connectivity index (χ4n) is 1.85. The summed E-state index contributed by atoms with van der Waals surface area (Å²) in [6, 6.07) is 5.11. The van der Waals surface area contributed by atoms with Crippen LogP contribution in [0.25, 0.3) is 0 Å². The van der Waals surface area contributed by atoms with Gasteiger partial charge in [0, 0.05) is 18.3 Å². The Kier molecular flexibility index (Phi) is 3.63. The first-order chi connectivity index (χ1) is 8.87. The Morgan fingerprint density at radius 2 is 2.16 bits per heavy atom. The average molecular weight is 284 g/mol. The van der Waals surface area contributed by atoms with E-state index in [-0.39, 0.29) is 17.2 Å². The molecule has 2 atom stereocenters. The molecule has 1 saturated heterocycles. The van der Waals surface area contributed by atoms with Crippen molar-refractivity contribution in [3.63, 3.8) is 0 Å². The molecule has 0 aliphatic carbocycles. The predicted molar refractivity (Wildman–Crippen MR) is 69.1 cm³/mol. The number of nitrogens with zero attached hydrogens (tertiary/aromatic N) is 2. The first-order valence-corrected chi connectivity index (χ1v) is 7.36. The van der Waals surface area contributed by atoms with Gasteiger partial charge in [-0.1, -0.05) is 12.1 Å². The smallest absolute Gasteiger partial charge is 0.270 e. The number of hydrogen-bond acceptors (Lipinski definition) is 6. The van der Waals surface area contributed by atoms with E-state index < -0.39 is 26.9 Å². The SMILES string of the molecule is O=[N+]([O-])c1cccc(C=NC2CS(=O)(=O)CC2O)c1. The molecule has 0 radical (unpaired) electrons. The molecule has 1 N–H and O–H groups in total. The van der Waals surface area contributed by atoms with Crippen LogP contribution in [-0.2, 0) is 9.84 Å². The highest BCUT2D eigenvalue weighted by atomic mass is 32.2. The molecule has 1 aliphatic rings. The first-order valence-electron chi connectivity index (χ1n) is 5.53. The molecule has 0 amide bonds. The van der Waals surface area contributed by atoms with E-state index in [4.69, 9.17) is 0 Å². The van der Waals surface area contributed by atoms with Crippen LogP contribution in [0.1, 0.15) is 5.56 Å². The zero-order valence-corrected chi connectivity index (χ0v) is 10.7. The van der Waals surface area contributed by atoms with Crippen molar-refractivity contribution in [2.24, 2.45) is 4.99 Å². The Bertz CT molecular complexity index is 626. The summed E-state index contributed by atoms with van der Waals surface area (Å²) in [7, 11) is -3.24. The number of aliphatic hydroxyl groups is 1. The second kappa shape index (κ2) is 5.06. The van der Waals surface area contributed by atoms with Gasteiger partial charge in [-0.2, -0.15) is 0 Å². The second-order valence-electron chi connectivity index (χ2n) is 4.34. The van der Waals surface area contributed by atoms with Gasteiger partial charge in [0.1, 0.15) is 0 Å². The summed E-state index contributed by atoms with van der Waals surface area (Å²) < 4.78 is 22.6. The lowest BCUT2D eigenvalue weighted by Gasteiger charge is -2.05. The highest BCUT2D eigenvalue weighted by molar-refractivity contribution is 7.91. The summed E-state index contributed by atoms with van der Waals surface area (Å²) in [6.45, 7) is 0. The Balaban J connectivity index is 2.15. The fourth-order valence-corrected chi connectivity index (χ4v) is 3.56. The molecule has 1 aromatic carbocycles. The van der Waals surface area contributed by atoms with Crippen LogP contribution >= 0.6 is 0 Å². The maximum atomic E-state index is 11.3. The topological polar surface area (TPSA) is 110 Å². The van der Waals surface area contributed by atoms with Gasteiger partial charge in [-0.15, -0.1) is 0 Å². The molecule has 0 saturated carbocycles. The van der Waals surface area contributed by atoms with E-state index in [9.17, 15) is 23.6 Å². The van der Waals surface area contributed by atoms with E-state index in [0.29, 0.717) is 5.56 Å². The summed E-state index contributed by atoms with van der Waals surface area (Å²) in [6.07, 6.45) is 0.335. The van der Waals surface area contributed by atoms with E-state index in [1.165, 1.54) is 24.4 Å². The summed E-state index contributed by atoms with van der Waals surface area (Å²) in [5, 5.41) is 20.1. The van der Waals surface area contributed by atoms with Gasteiger partial charge in [0.2, 0.25) is 0 Å². The lowest BCUT2D eigenvalue weighted by molar-refractivity contribution is -0.384. The lowest BCUT2D eigenvalue weighted by atomic mass is 10.2. The molecule has 102 valence electrons. The van der Waals surface area contributed by atoms with Gasteiger partial charge in [-0.05, 0) is 5.56 Å². The third-order valence-corrected chi connectivity index (χ3v) is 4.49. The van der Waals surface area contributed by atoms with Crippen LogP contribution in [0.15, 0.2) is 29.3 Å². The van der Waals surface area contributed by atoms with Gasteiger partial charge in [-0.25, -0.2) is 8.42 Å². The highest BCUT2D eigenvalue weighted by Crippen LogP contribution is 2.16. The van der Waals surface area contributed by atoms with Crippen molar-refractivity contribution in [1.29, 1.82) is 0 Å². The van der Waals surface area contributed by atoms with Gasteiger partial charge >= 0.3 is 0 Å². The van der Waals surface area contributed by atoms with Crippen molar-refractivity contribution in [2.75, 3.05) is 11.5 Å². The summed E-state index contributed by atoms with van der Waals surface area (Å²) in [4.78, 5) is 14.1. The molecule has 2 rings (SSSR count). The lowest BCUT2D eigenvalue weighted by Crippen LogP contribution is -2.21. The largest absolute Gasteiger partial charge is 0.390 e. The second-order valence-corrected chi connectivity index (χ2v) is 6.50. The highest BCUT2D eigenvalue weighted by Gasteiger charge is 2.35. The molecular formula is C11H12N2O5S. The molecule has 0 aromatic heterocycles. The third-order valence-electron chi connectivity index (χ3n) is 2.79. The van der Waals surface area contributed by atoms with Crippen molar-refractivity contribution < 1.29 is 18.4 Å². The number of aliphatic hydroxyl groups excluding tert-OH is 1. The number of benzene rings is 1. The molecular weight excluding hydrogens is 272 g/mol. The van der Waals surface area contributed by atoms with Crippen molar-refractivity contribution in [2.45, 2.75) is 12.1 Å². The summed E-state index contributed by atoms with van der Waals surface area (Å²) in [5.74, 6) is -0.483. The quantitative estimate of drug-likeness (QED) is 0.483. The summed E-state index contributed by atoms with van der Waals surface area (Å²) >= 11 is 0. The van der Waals surface area contributed by atoms with E-state index in [0.717, 1.165) is 0 Å². The van der Waals surface area contributed by atoms with E-state index >= 15 is 0 Å². The van der Waals surface area contributed by atoms with Gasteiger partial charge < -0.3 is 5.11 Å². The normalized spacial score (nSPS) is 25.7. The van der Waals surface area contributed by atoms with Crippen LogP contribution < -0.4 is 0 Å². The summed E-state index contributed by atoms with van der Waals surface area (Å²) in [5.41, 5.74) is 0.425. The Hall–Kier alpha value is -1.80. The Morgan fingerprint density at radius 3 is 2.74 bits per heavy atom. The standard InChI is InChI=1S/C11H12N2O5S/c14-11-7-19(17,18)6-10(11)12-5-8-2-1-3-9(4-8)13(15)16/h1-5,10-11,14H,6-7H2. The van der Waals surface area contributed by atoms with Gasteiger partial charge in [0.05, 0.1) is 28.6 Å². The molecule has 0 bridgehead atoms. The van der Waals surface area contributed by atoms with Crippen LogP contribution in [0, 0.1) is 10.1 Å². The van der Waals surface area contributed by atoms with Gasteiger partial charge in [0.15, 0.2) is 9.84 Å². The molecule has 7 nitrogen and oxygen atoms in total. The maximum absolute atomic E-state index is 11.3. The number of hydrogen-bond donors (Lipinski definition) is 1. The predicted octanol–water partition coefficient (Wildman–Crippen LogP) is 0.172. The molecule has 0 spiro atoms. The molecule has 2 unspecified atom stereocenters.